The second-order valence-electron chi connectivity index (χ2n) is 4.19. The van der Waals surface area contributed by atoms with E-state index in [1.807, 2.05) is 11.3 Å². The van der Waals surface area contributed by atoms with Crippen LogP contribution in [0.2, 0.25) is 0 Å². The molecule has 0 saturated heterocycles. The number of nitrogens with zero attached hydrogens (tertiary/aromatic N) is 2. The fraction of sp³-hybridized carbons (Fsp3) is 0.333. The lowest BCUT2D eigenvalue weighted by molar-refractivity contribution is 0.0697. The van der Waals surface area contributed by atoms with Gasteiger partial charge in [0.15, 0.2) is 0 Å². The van der Waals surface area contributed by atoms with E-state index in [2.05, 4.69) is 18.8 Å². The van der Waals surface area contributed by atoms with Gasteiger partial charge in [-0.1, -0.05) is 13.8 Å². The summed E-state index contributed by atoms with van der Waals surface area (Å²) in [6.07, 6.45) is 1.76. The Bertz CT molecular complexity index is 555. The molecule has 1 N–H and O–H groups in total. The monoisotopic (exact) mass is 218 g/mol. The van der Waals surface area contributed by atoms with Crippen LogP contribution in [-0.2, 0) is 0 Å². The van der Waals surface area contributed by atoms with Gasteiger partial charge in [0.2, 0.25) is 0 Å². The van der Waals surface area contributed by atoms with E-state index in [9.17, 15) is 4.79 Å². The molecule has 0 aromatic carbocycles. The van der Waals surface area contributed by atoms with Gasteiger partial charge in [-0.3, -0.25) is 0 Å². The molecular formula is C12H14N2O2. The van der Waals surface area contributed by atoms with Gasteiger partial charge in [-0.25, -0.2) is 9.78 Å². The zero-order chi connectivity index (χ0) is 11.9. The zero-order valence-electron chi connectivity index (χ0n) is 9.56. The summed E-state index contributed by atoms with van der Waals surface area (Å²) in [6, 6.07) is 3.19. The molecule has 0 spiro atoms. The average molecular weight is 218 g/mol. The Kier molecular flexibility index (Phi) is 2.42. The summed E-state index contributed by atoms with van der Waals surface area (Å²) >= 11 is 0. The molecule has 2 aromatic heterocycles. The number of aryl methyl sites for hydroxylation is 1. The molecule has 0 radical (unpaired) electrons. The number of hydrogen-bond acceptors (Lipinski definition) is 2. The van der Waals surface area contributed by atoms with Gasteiger partial charge in [-0.15, -0.1) is 0 Å². The summed E-state index contributed by atoms with van der Waals surface area (Å²) in [7, 11) is 0. The minimum atomic E-state index is -0.922. The third-order valence-electron chi connectivity index (χ3n) is 2.70. The number of pyridine rings is 1. The zero-order valence-corrected chi connectivity index (χ0v) is 9.56. The number of aromatic carboxylic acids is 1. The number of carboxylic acid groups (broad SMARTS) is 1. The summed E-state index contributed by atoms with van der Waals surface area (Å²) in [6.45, 7) is 6.15. The van der Waals surface area contributed by atoms with E-state index >= 15 is 0 Å². The molecular weight excluding hydrogens is 204 g/mol. The van der Waals surface area contributed by atoms with Crippen molar-refractivity contribution in [3.63, 3.8) is 0 Å². The van der Waals surface area contributed by atoms with Crippen molar-refractivity contribution < 1.29 is 9.90 Å². The van der Waals surface area contributed by atoms with Gasteiger partial charge in [0, 0.05) is 11.9 Å². The Labute approximate surface area is 93.5 Å². The highest BCUT2D eigenvalue weighted by Gasteiger charge is 2.12. The Balaban J connectivity index is 2.67. The number of carbonyl (C=O) groups is 1. The van der Waals surface area contributed by atoms with Crippen molar-refractivity contribution in [1.29, 1.82) is 0 Å². The first kappa shape index (κ1) is 10.7. The van der Waals surface area contributed by atoms with Crippen LogP contribution >= 0.6 is 0 Å². The molecule has 2 aromatic rings. The van der Waals surface area contributed by atoms with Crippen LogP contribution in [0, 0.1) is 6.92 Å². The van der Waals surface area contributed by atoms with Crippen LogP contribution in [0.3, 0.4) is 0 Å². The molecule has 0 aliphatic carbocycles. The fourth-order valence-corrected chi connectivity index (χ4v) is 1.87. The number of aromatic nitrogens is 2. The van der Waals surface area contributed by atoms with Gasteiger partial charge in [-0.05, 0) is 25.0 Å². The Morgan fingerprint density at radius 3 is 2.75 bits per heavy atom. The quantitative estimate of drug-likeness (QED) is 0.842. The molecule has 2 heterocycles. The number of imidazole rings is 1. The fourth-order valence-electron chi connectivity index (χ4n) is 1.87. The molecule has 2 rings (SSSR count). The lowest BCUT2D eigenvalue weighted by Crippen LogP contribution is -1.98. The standard InChI is InChI=1S/C12H14N2O2/c1-7(2)11-8(3)14-5-4-9(12(15)16)6-10(14)13-11/h4-7H,1-3H3,(H,15,16). The highest BCUT2D eigenvalue weighted by Crippen LogP contribution is 2.20. The van der Waals surface area contributed by atoms with Crippen molar-refractivity contribution in [3.05, 3.63) is 35.3 Å². The van der Waals surface area contributed by atoms with Crippen LogP contribution in [-0.4, -0.2) is 20.5 Å². The van der Waals surface area contributed by atoms with E-state index in [0.717, 1.165) is 11.4 Å². The molecule has 4 heteroatoms. The second-order valence-corrected chi connectivity index (χ2v) is 4.19. The molecule has 16 heavy (non-hydrogen) atoms. The van der Waals surface area contributed by atoms with Crippen LogP contribution in [0.1, 0.15) is 41.5 Å². The molecule has 0 aliphatic rings. The third-order valence-corrected chi connectivity index (χ3v) is 2.70. The van der Waals surface area contributed by atoms with Crippen LogP contribution in [0.25, 0.3) is 5.65 Å². The summed E-state index contributed by atoms with van der Waals surface area (Å²) in [5, 5.41) is 8.89. The number of carboxylic acids is 1. The molecule has 0 aliphatic heterocycles. The second kappa shape index (κ2) is 3.63. The lowest BCUT2D eigenvalue weighted by atomic mass is 10.1. The van der Waals surface area contributed by atoms with Crippen LogP contribution in [0.4, 0.5) is 0 Å². The molecule has 0 amide bonds. The molecule has 84 valence electrons. The van der Waals surface area contributed by atoms with Crippen molar-refractivity contribution in [2.45, 2.75) is 26.7 Å². The molecule has 0 atom stereocenters. The maximum absolute atomic E-state index is 10.8. The summed E-state index contributed by atoms with van der Waals surface area (Å²) < 4.78 is 1.92. The predicted octanol–water partition coefficient (Wildman–Crippen LogP) is 2.46. The summed E-state index contributed by atoms with van der Waals surface area (Å²) in [5.74, 6) is -0.581. The Morgan fingerprint density at radius 2 is 2.19 bits per heavy atom. The Morgan fingerprint density at radius 1 is 1.50 bits per heavy atom. The van der Waals surface area contributed by atoms with Crippen LogP contribution < -0.4 is 0 Å². The van der Waals surface area contributed by atoms with Crippen molar-refractivity contribution in [2.75, 3.05) is 0 Å². The van der Waals surface area contributed by atoms with E-state index in [-0.39, 0.29) is 5.56 Å². The van der Waals surface area contributed by atoms with Gasteiger partial charge in [0.25, 0.3) is 0 Å². The highest BCUT2D eigenvalue weighted by molar-refractivity contribution is 5.88. The van der Waals surface area contributed by atoms with E-state index in [0.29, 0.717) is 11.6 Å². The van der Waals surface area contributed by atoms with E-state index in [1.54, 1.807) is 18.3 Å². The molecule has 0 bridgehead atoms. The minimum absolute atomic E-state index is 0.271. The van der Waals surface area contributed by atoms with Gasteiger partial charge < -0.3 is 9.51 Å². The SMILES string of the molecule is Cc1c(C(C)C)nc2cc(C(=O)O)ccn12. The normalized spacial score (nSPS) is 11.2. The van der Waals surface area contributed by atoms with Crippen molar-refractivity contribution in [1.82, 2.24) is 9.38 Å². The maximum atomic E-state index is 10.8. The van der Waals surface area contributed by atoms with Gasteiger partial charge in [0.05, 0.1) is 11.3 Å². The van der Waals surface area contributed by atoms with Gasteiger partial charge in [-0.2, -0.15) is 0 Å². The van der Waals surface area contributed by atoms with Crippen molar-refractivity contribution in [3.8, 4) is 0 Å². The lowest BCUT2D eigenvalue weighted by Gasteiger charge is -2.01. The Hall–Kier alpha value is -1.84. The van der Waals surface area contributed by atoms with Crippen molar-refractivity contribution in [2.24, 2.45) is 0 Å². The highest BCUT2D eigenvalue weighted by atomic mass is 16.4. The first-order valence-corrected chi connectivity index (χ1v) is 5.22. The summed E-state index contributed by atoms with van der Waals surface area (Å²) in [4.78, 5) is 15.3. The molecule has 0 unspecified atom stereocenters. The molecule has 0 saturated carbocycles. The van der Waals surface area contributed by atoms with E-state index in [4.69, 9.17) is 5.11 Å². The maximum Gasteiger partial charge on any atom is 0.335 e. The number of fused-ring (bicyclic) bond motifs is 1. The number of rotatable bonds is 2. The van der Waals surface area contributed by atoms with Gasteiger partial charge >= 0.3 is 5.97 Å². The van der Waals surface area contributed by atoms with E-state index < -0.39 is 5.97 Å². The first-order valence-electron chi connectivity index (χ1n) is 5.22. The van der Waals surface area contributed by atoms with Crippen molar-refractivity contribution >= 4 is 11.6 Å². The predicted molar refractivity (Wildman–Crippen MR) is 61.0 cm³/mol. The molecule has 4 nitrogen and oxygen atoms in total. The average Bonchev–Trinajstić information content (AvgIpc) is 2.55. The first-order chi connectivity index (χ1) is 7.50. The van der Waals surface area contributed by atoms with Crippen LogP contribution in [0.15, 0.2) is 18.3 Å². The van der Waals surface area contributed by atoms with E-state index in [1.165, 1.54) is 0 Å². The van der Waals surface area contributed by atoms with Gasteiger partial charge in [0.1, 0.15) is 5.65 Å². The summed E-state index contributed by atoms with van der Waals surface area (Å²) in [5.41, 5.74) is 3.05. The van der Waals surface area contributed by atoms with Crippen LogP contribution in [0.5, 0.6) is 0 Å². The number of hydrogen-bond donors (Lipinski definition) is 1. The molecule has 0 fully saturated rings. The minimum Gasteiger partial charge on any atom is -0.478 e. The topological polar surface area (TPSA) is 54.6 Å². The smallest absolute Gasteiger partial charge is 0.335 e. The largest absolute Gasteiger partial charge is 0.478 e. The third kappa shape index (κ3) is 1.56.